The predicted molar refractivity (Wildman–Crippen MR) is 74.3 cm³/mol. The SMILES string of the molecule is N#Cc1ncn(Cc2ccn(-c3ccccc3)n2)c1C#N. The van der Waals surface area contributed by atoms with Gasteiger partial charge in [-0.1, -0.05) is 18.2 Å². The van der Waals surface area contributed by atoms with Crippen LogP contribution in [0.25, 0.3) is 5.69 Å². The zero-order chi connectivity index (χ0) is 14.7. The monoisotopic (exact) mass is 274 g/mol. The molecular weight excluding hydrogens is 264 g/mol. The molecule has 0 unspecified atom stereocenters. The zero-order valence-electron chi connectivity index (χ0n) is 11.0. The van der Waals surface area contributed by atoms with Crippen LogP contribution in [0.4, 0.5) is 0 Å². The van der Waals surface area contributed by atoms with Crippen molar-refractivity contribution in [2.45, 2.75) is 6.54 Å². The van der Waals surface area contributed by atoms with Gasteiger partial charge in [-0.2, -0.15) is 15.6 Å². The van der Waals surface area contributed by atoms with Crippen molar-refractivity contribution >= 4 is 0 Å². The largest absolute Gasteiger partial charge is 0.315 e. The Bertz CT molecular complexity index is 844. The topological polar surface area (TPSA) is 83.2 Å². The van der Waals surface area contributed by atoms with Gasteiger partial charge in [0.2, 0.25) is 0 Å². The fourth-order valence-corrected chi connectivity index (χ4v) is 2.05. The predicted octanol–water partition coefficient (Wildman–Crippen LogP) is 1.86. The van der Waals surface area contributed by atoms with Gasteiger partial charge in [0.15, 0.2) is 11.4 Å². The number of hydrogen-bond acceptors (Lipinski definition) is 4. The second-order valence-electron chi connectivity index (χ2n) is 4.38. The van der Waals surface area contributed by atoms with Gasteiger partial charge in [0, 0.05) is 6.20 Å². The van der Waals surface area contributed by atoms with Crippen LogP contribution in [-0.4, -0.2) is 19.3 Å². The summed E-state index contributed by atoms with van der Waals surface area (Å²) in [5, 5.41) is 22.4. The van der Waals surface area contributed by atoms with Crippen molar-refractivity contribution in [3.63, 3.8) is 0 Å². The number of aromatic nitrogens is 4. The summed E-state index contributed by atoms with van der Waals surface area (Å²) in [6.45, 7) is 0.400. The molecule has 0 aliphatic carbocycles. The molecule has 0 amide bonds. The summed E-state index contributed by atoms with van der Waals surface area (Å²) in [5.74, 6) is 0. The summed E-state index contributed by atoms with van der Waals surface area (Å²) in [7, 11) is 0. The van der Waals surface area contributed by atoms with Crippen molar-refractivity contribution in [2.24, 2.45) is 0 Å². The Morgan fingerprint density at radius 3 is 2.57 bits per heavy atom. The highest BCUT2D eigenvalue weighted by Gasteiger charge is 2.11. The van der Waals surface area contributed by atoms with Gasteiger partial charge in [-0.3, -0.25) is 0 Å². The van der Waals surface area contributed by atoms with Crippen LogP contribution in [0, 0.1) is 22.7 Å². The molecule has 21 heavy (non-hydrogen) atoms. The van der Waals surface area contributed by atoms with Gasteiger partial charge in [-0.25, -0.2) is 9.67 Å². The Balaban J connectivity index is 1.88. The van der Waals surface area contributed by atoms with Crippen LogP contribution < -0.4 is 0 Å². The molecule has 0 radical (unpaired) electrons. The van der Waals surface area contributed by atoms with Gasteiger partial charge < -0.3 is 4.57 Å². The summed E-state index contributed by atoms with van der Waals surface area (Å²) >= 11 is 0. The fourth-order valence-electron chi connectivity index (χ4n) is 2.05. The summed E-state index contributed by atoms with van der Waals surface area (Å²) in [6.07, 6.45) is 3.34. The first-order valence-electron chi connectivity index (χ1n) is 6.27. The highest BCUT2D eigenvalue weighted by molar-refractivity contribution is 5.36. The van der Waals surface area contributed by atoms with Crippen molar-refractivity contribution in [3.05, 3.63) is 66.0 Å². The minimum absolute atomic E-state index is 0.139. The molecule has 6 nitrogen and oxygen atoms in total. The van der Waals surface area contributed by atoms with Crippen LogP contribution >= 0.6 is 0 Å². The highest BCUT2D eigenvalue weighted by atomic mass is 15.3. The van der Waals surface area contributed by atoms with Gasteiger partial charge >= 0.3 is 0 Å². The number of hydrogen-bond donors (Lipinski definition) is 0. The normalized spacial score (nSPS) is 10.0. The van der Waals surface area contributed by atoms with Gasteiger partial charge in [0.1, 0.15) is 12.1 Å². The Kier molecular flexibility index (Phi) is 3.20. The maximum absolute atomic E-state index is 9.09. The first-order valence-corrected chi connectivity index (χ1v) is 6.27. The number of nitriles is 2. The van der Waals surface area contributed by atoms with Gasteiger partial charge in [-0.15, -0.1) is 0 Å². The number of rotatable bonds is 3. The summed E-state index contributed by atoms with van der Waals surface area (Å²) < 4.78 is 3.39. The molecule has 0 saturated carbocycles. The fraction of sp³-hybridized carbons (Fsp3) is 0.0667. The highest BCUT2D eigenvalue weighted by Crippen LogP contribution is 2.10. The van der Waals surface area contributed by atoms with Gasteiger partial charge in [0.05, 0.1) is 24.3 Å². The van der Waals surface area contributed by atoms with Gasteiger partial charge in [-0.05, 0) is 18.2 Å². The summed E-state index contributed by atoms with van der Waals surface area (Å²) in [6, 6.07) is 15.5. The molecule has 3 aromatic rings. The van der Waals surface area contributed by atoms with E-state index in [1.165, 1.54) is 6.33 Å². The molecule has 0 fully saturated rings. The maximum atomic E-state index is 9.09. The first-order chi connectivity index (χ1) is 10.3. The second kappa shape index (κ2) is 5.32. The Morgan fingerprint density at radius 2 is 1.86 bits per heavy atom. The van der Waals surface area contributed by atoms with Crippen molar-refractivity contribution in [1.29, 1.82) is 10.5 Å². The molecule has 2 aromatic heterocycles. The third-order valence-corrected chi connectivity index (χ3v) is 3.05. The van der Waals surface area contributed by atoms with E-state index in [1.807, 2.05) is 54.7 Å². The molecule has 1 aromatic carbocycles. The molecule has 0 atom stereocenters. The van der Waals surface area contributed by atoms with Crippen molar-refractivity contribution in [3.8, 4) is 17.8 Å². The van der Waals surface area contributed by atoms with Crippen molar-refractivity contribution in [2.75, 3.05) is 0 Å². The lowest BCUT2D eigenvalue weighted by molar-refractivity contribution is 0.737. The van der Waals surface area contributed by atoms with E-state index in [9.17, 15) is 0 Å². The van der Waals surface area contributed by atoms with E-state index in [1.54, 1.807) is 9.25 Å². The molecule has 100 valence electrons. The number of nitrogens with zero attached hydrogens (tertiary/aromatic N) is 6. The zero-order valence-corrected chi connectivity index (χ0v) is 11.0. The summed E-state index contributed by atoms with van der Waals surface area (Å²) in [4.78, 5) is 3.91. The number of para-hydroxylation sites is 1. The Labute approximate surface area is 121 Å². The average molecular weight is 274 g/mol. The molecule has 0 N–H and O–H groups in total. The lowest BCUT2D eigenvalue weighted by Crippen LogP contribution is -2.03. The first kappa shape index (κ1) is 12.6. The Morgan fingerprint density at radius 1 is 1.05 bits per heavy atom. The Hall–Kier alpha value is -3.38. The molecule has 0 spiro atoms. The van der Waals surface area contributed by atoms with E-state index >= 15 is 0 Å². The van der Waals surface area contributed by atoms with Crippen LogP contribution in [0.3, 0.4) is 0 Å². The molecule has 0 aliphatic rings. The van der Waals surface area contributed by atoms with E-state index in [0.717, 1.165) is 11.4 Å². The standard InChI is InChI=1S/C15H10N6/c16-8-14-15(9-17)20(11-18-14)10-12-6-7-21(19-12)13-4-2-1-3-5-13/h1-7,11H,10H2. The molecule has 0 bridgehead atoms. The molecule has 2 heterocycles. The number of benzene rings is 1. The van der Waals surface area contributed by atoms with Gasteiger partial charge in [0.25, 0.3) is 0 Å². The van der Waals surface area contributed by atoms with Crippen LogP contribution in [0.1, 0.15) is 17.1 Å². The minimum Gasteiger partial charge on any atom is -0.315 e. The van der Waals surface area contributed by atoms with Crippen molar-refractivity contribution < 1.29 is 0 Å². The molecule has 6 heteroatoms. The minimum atomic E-state index is 0.139. The lowest BCUT2D eigenvalue weighted by Gasteiger charge is -2.01. The maximum Gasteiger partial charge on any atom is 0.176 e. The third kappa shape index (κ3) is 2.38. The third-order valence-electron chi connectivity index (χ3n) is 3.05. The summed E-state index contributed by atoms with van der Waals surface area (Å²) in [5.41, 5.74) is 2.15. The molecule has 0 saturated heterocycles. The molecule has 0 aliphatic heterocycles. The second-order valence-corrected chi connectivity index (χ2v) is 4.38. The number of imidazole rings is 1. The van der Waals surface area contributed by atoms with E-state index in [4.69, 9.17) is 10.5 Å². The van der Waals surface area contributed by atoms with Crippen molar-refractivity contribution in [1.82, 2.24) is 19.3 Å². The van der Waals surface area contributed by atoms with Crippen LogP contribution in [0.2, 0.25) is 0 Å². The van der Waals surface area contributed by atoms with Crippen LogP contribution in [0.15, 0.2) is 48.9 Å². The molecular formula is C15H10N6. The van der Waals surface area contributed by atoms with Crippen LogP contribution in [-0.2, 0) is 6.54 Å². The van der Waals surface area contributed by atoms with Crippen LogP contribution in [0.5, 0.6) is 0 Å². The quantitative estimate of drug-likeness (QED) is 0.729. The smallest absolute Gasteiger partial charge is 0.176 e. The van der Waals surface area contributed by atoms with E-state index in [0.29, 0.717) is 6.54 Å². The average Bonchev–Trinajstić information content (AvgIpc) is 3.15. The van der Waals surface area contributed by atoms with E-state index in [2.05, 4.69) is 10.1 Å². The lowest BCUT2D eigenvalue weighted by atomic mass is 10.3. The van der Waals surface area contributed by atoms with E-state index in [-0.39, 0.29) is 11.4 Å². The molecule has 3 rings (SSSR count). The van der Waals surface area contributed by atoms with E-state index < -0.39 is 0 Å².